The van der Waals surface area contributed by atoms with E-state index in [0.717, 1.165) is 31.4 Å². The van der Waals surface area contributed by atoms with E-state index in [4.69, 9.17) is 22.1 Å². The molecule has 1 aliphatic carbocycles. The summed E-state index contributed by atoms with van der Waals surface area (Å²) in [7, 11) is -3.75. The summed E-state index contributed by atoms with van der Waals surface area (Å²) in [5.74, 6) is -0.0674. The smallest absolute Gasteiger partial charge is 0.266 e. The van der Waals surface area contributed by atoms with Crippen LogP contribution in [0.3, 0.4) is 0 Å². The van der Waals surface area contributed by atoms with Crippen LogP contribution in [0, 0.1) is 0 Å². The number of thiocarbonyl (C=S) groups is 1. The van der Waals surface area contributed by atoms with Crippen molar-refractivity contribution in [1.82, 2.24) is 19.0 Å². The van der Waals surface area contributed by atoms with Gasteiger partial charge in [-0.3, -0.25) is 9.69 Å². The molecule has 2 aromatic carbocycles. The van der Waals surface area contributed by atoms with Gasteiger partial charge < -0.3 is 4.74 Å². The molecule has 1 amide bonds. The van der Waals surface area contributed by atoms with Crippen LogP contribution in [0.5, 0.6) is 0 Å². The standard InChI is InChI=1S/C31H34N4O4S3/c1-21-18-33(19-22(2)39-21)42(37,38)27-15-9-10-23(16-27)29-24(20-34(32-29)25-11-5-3-6-12-25)17-28-30(36)35(31(40)41-28)26-13-7-4-8-14-26/h3,5-6,9-12,15-17,20-22,26H,4,7-8,13-14,18-19H2,1-2H3/b28-17-. The van der Waals surface area contributed by atoms with Crippen LogP contribution in [0.2, 0.25) is 0 Å². The molecule has 6 rings (SSSR count). The maximum atomic E-state index is 13.7. The number of rotatable bonds is 6. The molecule has 3 heterocycles. The molecule has 0 N–H and O–H groups in total. The summed E-state index contributed by atoms with van der Waals surface area (Å²) in [6.07, 6.45) is 8.70. The Morgan fingerprint density at radius 2 is 1.71 bits per heavy atom. The minimum Gasteiger partial charge on any atom is -0.373 e. The number of hydrogen-bond donors (Lipinski definition) is 0. The highest BCUT2D eigenvalue weighted by molar-refractivity contribution is 8.26. The Morgan fingerprint density at radius 1 is 1.00 bits per heavy atom. The van der Waals surface area contributed by atoms with E-state index in [9.17, 15) is 13.2 Å². The quantitative estimate of drug-likeness (QED) is 0.251. The van der Waals surface area contributed by atoms with Gasteiger partial charge in [0.05, 0.1) is 27.7 Å². The number of hydrogen-bond acceptors (Lipinski definition) is 7. The monoisotopic (exact) mass is 622 g/mol. The van der Waals surface area contributed by atoms with E-state index in [1.54, 1.807) is 27.8 Å². The fourth-order valence-electron chi connectivity index (χ4n) is 5.99. The largest absolute Gasteiger partial charge is 0.373 e. The zero-order valence-corrected chi connectivity index (χ0v) is 26.1. The Bertz CT molecular complexity index is 1620. The summed E-state index contributed by atoms with van der Waals surface area (Å²) >= 11 is 6.99. The van der Waals surface area contributed by atoms with Crippen molar-refractivity contribution in [2.45, 2.75) is 69.1 Å². The van der Waals surface area contributed by atoms with Crippen molar-refractivity contribution >= 4 is 50.3 Å². The molecule has 1 aromatic heterocycles. The van der Waals surface area contributed by atoms with Gasteiger partial charge in [0.25, 0.3) is 5.91 Å². The maximum Gasteiger partial charge on any atom is 0.266 e. The number of benzene rings is 2. The highest BCUT2D eigenvalue weighted by atomic mass is 32.2. The highest BCUT2D eigenvalue weighted by Crippen LogP contribution is 2.39. The minimum absolute atomic E-state index is 0.0674. The lowest BCUT2D eigenvalue weighted by molar-refractivity contribution is -0.124. The van der Waals surface area contributed by atoms with Crippen LogP contribution in [-0.4, -0.2) is 69.0 Å². The molecule has 220 valence electrons. The molecule has 0 radical (unpaired) electrons. The van der Waals surface area contributed by atoms with Gasteiger partial charge in [-0.2, -0.15) is 9.40 Å². The summed E-state index contributed by atoms with van der Waals surface area (Å²) in [4.78, 5) is 16.1. The summed E-state index contributed by atoms with van der Waals surface area (Å²) in [6.45, 7) is 4.36. The van der Waals surface area contributed by atoms with Crippen LogP contribution in [0.4, 0.5) is 0 Å². The lowest BCUT2D eigenvalue weighted by Gasteiger charge is -2.34. The fraction of sp³-hybridized carbons (Fsp3) is 0.387. The molecule has 3 fully saturated rings. The molecule has 0 spiro atoms. The third-order valence-corrected chi connectivity index (χ3v) is 11.1. The number of carbonyl (C=O) groups excluding carboxylic acids is 1. The number of nitrogens with zero attached hydrogens (tertiary/aromatic N) is 4. The summed E-state index contributed by atoms with van der Waals surface area (Å²) in [6, 6.07) is 16.7. The number of sulfonamides is 1. The van der Waals surface area contributed by atoms with Crippen molar-refractivity contribution in [2.75, 3.05) is 13.1 Å². The van der Waals surface area contributed by atoms with E-state index in [1.807, 2.05) is 62.5 Å². The number of aromatic nitrogens is 2. The van der Waals surface area contributed by atoms with Crippen LogP contribution in [0.1, 0.15) is 51.5 Å². The van der Waals surface area contributed by atoms with Gasteiger partial charge in [0.2, 0.25) is 10.0 Å². The Kier molecular flexibility index (Phi) is 8.39. The number of carbonyl (C=O) groups is 1. The number of para-hydroxylation sites is 1. The lowest BCUT2D eigenvalue weighted by Crippen LogP contribution is -2.48. The first-order valence-electron chi connectivity index (χ1n) is 14.4. The van der Waals surface area contributed by atoms with Crippen molar-refractivity contribution in [3.63, 3.8) is 0 Å². The van der Waals surface area contributed by atoms with Gasteiger partial charge in [-0.05, 0) is 57.0 Å². The summed E-state index contributed by atoms with van der Waals surface area (Å²) in [5, 5.41) is 4.88. The molecule has 3 aliphatic rings. The molecule has 2 unspecified atom stereocenters. The van der Waals surface area contributed by atoms with Gasteiger partial charge >= 0.3 is 0 Å². The number of morpholine rings is 1. The van der Waals surface area contributed by atoms with Gasteiger partial charge in [-0.15, -0.1) is 0 Å². The molecule has 8 nitrogen and oxygen atoms in total. The van der Waals surface area contributed by atoms with Crippen LogP contribution in [0.25, 0.3) is 23.0 Å². The second-order valence-electron chi connectivity index (χ2n) is 11.2. The van der Waals surface area contributed by atoms with Gasteiger partial charge in [0.1, 0.15) is 10.0 Å². The SMILES string of the molecule is CC1CN(S(=O)(=O)c2cccc(-c3nn(-c4ccccc4)cc3/C=C3\SC(=S)N(C4CCCCC4)C3=O)c2)CC(C)O1. The van der Waals surface area contributed by atoms with Crippen LogP contribution < -0.4 is 0 Å². The van der Waals surface area contributed by atoms with E-state index in [0.29, 0.717) is 39.1 Å². The molecule has 0 bridgehead atoms. The fourth-order valence-corrected chi connectivity index (χ4v) is 9.01. The van der Waals surface area contributed by atoms with Gasteiger partial charge in [0.15, 0.2) is 0 Å². The molecular formula is C31H34N4O4S3. The van der Waals surface area contributed by atoms with E-state index in [2.05, 4.69) is 0 Å². The molecule has 11 heteroatoms. The van der Waals surface area contributed by atoms with Gasteiger partial charge in [-0.25, -0.2) is 13.1 Å². The predicted molar refractivity (Wildman–Crippen MR) is 170 cm³/mol. The number of ether oxygens (including phenoxy) is 1. The van der Waals surface area contributed by atoms with Gasteiger partial charge in [0, 0.05) is 36.5 Å². The van der Waals surface area contributed by atoms with Crippen LogP contribution >= 0.6 is 24.0 Å². The topological polar surface area (TPSA) is 84.7 Å². The predicted octanol–water partition coefficient (Wildman–Crippen LogP) is 5.87. The first kappa shape index (κ1) is 29.3. The molecule has 42 heavy (non-hydrogen) atoms. The van der Waals surface area contributed by atoms with E-state index < -0.39 is 10.0 Å². The van der Waals surface area contributed by atoms with Crippen molar-refractivity contribution in [3.8, 4) is 16.9 Å². The lowest BCUT2D eigenvalue weighted by atomic mass is 9.94. The van der Waals surface area contributed by atoms with Crippen LogP contribution in [-0.2, 0) is 19.6 Å². The normalized spacial score (nSPS) is 23.7. The van der Waals surface area contributed by atoms with E-state index in [1.165, 1.54) is 22.5 Å². The third-order valence-electron chi connectivity index (χ3n) is 7.94. The zero-order chi connectivity index (χ0) is 29.4. The Morgan fingerprint density at radius 3 is 2.43 bits per heavy atom. The number of amides is 1. The Hall–Kier alpha value is -2.83. The van der Waals surface area contributed by atoms with E-state index >= 15 is 0 Å². The molecule has 3 aromatic rings. The molecular weight excluding hydrogens is 589 g/mol. The maximum absolute atomic E-state index is 13.7. The molecule has 2 saturated heterocycles. The van der Waals surface area contributed by atoms with E-state index in [-0.39, 0.29) is 29.1 Å². The summed E-state index contributed by atoms with van der Waals surface area (Å²) < 4.78 is 37.0. The summed E-state index contributed by atoms with van der Waals surface area (Å²) in [5.41, 5.74) is 2.80. The second-order valence-corrected chi connectivity index (χ2v) is 14.8. The average Bonchev–Trinajstić information content (AvgIpc) is 3.53. The number of thioether (sulfide) groups is 1. The van der Waals surface area contributed by atoms with Crippen molar-refractivity contribution in [2.24, 2.45) is 0 Å². The van der Waals surface area contributed by atoms with Crippen molar-refractivity contribution in [3.05, 3.63) is 71.3 Å². The van der Waals surface area contributed by atoms with Crippen LogP contribution in [0.15, 0.2) is 70.6 Å². The Balaban J connectivity index is 1.39. The minimum atomic E-state index is -3.75. The van der Waals surface area contributed by atoms with Gasteiger partial charge in [-0.1, -0.05) is 73.6 Å². The average molecular weight is 623 g/mol. The Labute approximate surface area is 256 Å². The molecule has 1 saturated carbocycles. The molecule has 2 aliphatic heterocycles. The van der Waals surface area contributed by atoms with Crippen molar-refractivity contribution < 1.29 is 17.9 Å². The third kappa shape index (κ3) is 5.85. The second kappa shape index (κ2) is 12.0. The van der Waals surface area contributed by atoms with Crippen molar-refractivity contribution in [1.29, 1.82) is 0 Å². The molecule has 2 atom stereocenters. The zero-order valence-electron chi connectivity index (χ0n) is 23.7. The first-order chi connectivity index (χ1) is 20.2. The highest BCUT2D eigenvalue weighted by Gasteiger charge is 2.38. The first-order valence-corrected chi connectivity index (χ1v) is 17.1.